The summed E-state index contributed by atoms with van der Waals surface area (Å²) in [6, 6.07) is 18.4. The maximum Gasteiger partial charge on any atom is 0.316 e. The summed E-state index contributed by atoms with van der Waals surface area (Å²) < 4.78 is 10.4. The van der Waals surface area contributed by atoms with E-state index in [1.54, 1.807) is 19.2 Å². The Hall–Kier alpha value is -3.72. The standard InChI is InChI=1S/C29H37N5O4/c1-34(2)24(18-13-20-9-5-4-6-10-20)21-14-16-22(17-15-21)31-26(35)19-30-28(36)29-32-27(33-38-29)23-11-7-8-12-25(23)37-3/h4-12,21-22,24H,13-19H2,1-3H3,(H,30,36)(H,31,35). The van der Waals surface area contributed by atoms with Crippen molar-refractivity contribution < 1.29 is 18.8 Å². The topological polar surface area (TPSA) is 110 Å². The molecule has 9 heteroatoms. The number of hydrogen-bond donors (Lipinski definition) is 2. The van der Waals surface area contributed by atoms with Crippen molar-refractivity contribution in [3.63, 3.8) is 0 Å². The monoisotopic (exact) mass is 519 g/mol. The van der Waals surface area contributed by atoms with E-state index in [2.05, 4.69) is 70.1 Å². The molecule has 2 amide bonds. The lowest BCUT2D eigenvalue weighted by molar-refractivity contribution is -0.121. The van der Waals surface area contributed by atoms with Crippen LogP contribution in [0.5, 0.6) is 5.75 Å². The Labute approximate surface area is 223 Å². The van der Waals surface area contributed by atoms with Crippen LogP contribution in [0.1, 0.15) is 48.4 Å². The minimum absolute atomic E-state index is 0.119. The van der Waals surface area contributed by atoms with Crippen LogP contribution in [0, 0.1) is 5.92 Å². The molecule has 0 aliphatic heterocycles. The van der Waals surface area contributed by atoms with Crippen molar-refractivity contribution >= 4 is 11.8 Å². The van der Waals surface area contributed by atoms with E-state index < -0.39 is 5.91 Å². The Morgan fingerprint density at radius 3 is 2.47 bits per heavy atom. The van der Waals surface area contributed by atoms with Gasteiger partial charge in [0, 0.05) is 12.1 Å². The molecular formula is C29H37N5O4. The average molecular weight is 520 g/mol. The largest absolute Gasteiger partial charge is 0.496 e. The third-order valence-electron chi connectivity index (χ3n) is 7.29. The molecule has 0 radical (unpaired) electrons. The third kappa shape index (κ3) is 7.19. The minimum Gasteiger partial charge on any atom is -0.496 e. The van der Waals surface area contributed by atoms with Gasteiger partial charge in [-0.15, -0.1) is 0 Å². The number of carbonyl (C=O) groups excluding carboxylic acids is 2. The maximum absolute atomic E-state index is 12.5. The Morgan fingerprint density at radius 2 is 1.76 bits per heavy atom. The summed E-state index contributed by atoms with van der Waals surface area (Å²) in [7, 11) is 5.87. The van der Waals surface area contributed by atoms with Crippen LogP contribution in [0.4, 0.5) is 0 Å². The molecule has 0 bridgehead atoms. The molecule has 2 N–H and O–H groups in total. The van der Waals surface area contributed by atoms with Crippen molar-refractivity contribution in [3.8, 4) is 17.1 Å². The fourth-order valence-electron chi connectivity index (χ4n) is 5.29. The number of carbonyl (C=O) groups is 2. The number of benzene rings is 2. The summed E-state index contributed by atoms with van der Waals surface area (Å²) in [5, 5.41) is 9.51. The summed E-state index contributed by atoms with van der Waals surface area (Å²) in [5.74, 6) is 0.404. The van der Waals surface area contributed by atoms with Crippen LogP contribution in [0.3, 0.4) is 0 Å². The second kappa shape index (κ2) is 13.2. The lowest BCUT2D eigenvalue weighted by atomic mass is 9.79. The molecule has 0 saturated heterocycles. The highest BCUT2D eigenvalue weighted by atomic mass is 16.5. The van der Waals surface area contributed by atoms with Gasteiger partial charge in [-0.25, -0.2) is 0 Å². The van der Waals surface area contributed by atoms with Gasteiger partial charge in [0.25, 0.3) is 0 Å². The van der Waals surface area contributed by atoms with Gasteiger partial charge in [0.05, 0.1) is 19.2 Å². The highest BCUT2D eigenvalue weighted by Gasteiger charge is 2.29. The van der Waals surface area contributed by atoms with Gasteiger partial charge in [0.15, 0.2) is 0 Å². The van der Waals surface area contributed by atoms with E-state index in [0.717, 1.165) is 38.5 Å². The van der Waals surface area contributed by atoms with Crippen molar-refractivity contribution in [1.82, 2.24) is 25.7 Å². The minimum atomic E-state index is -0.593. The number of nitrogens with one attached hydrogen (secondary N) is 2. The second-order valence-electron chi connectivity index (χ2n) is 10.0. The zero-order valence-electron chi connectivity index (χ0n) is 22.4. The van der Waals surface area contributed by atoms with Gasteiger partial charge >= 0.3 is 11.8 Å². The van der Waals surface area contributed by atoms with Gasteiger partial charge in [0.2, 0.25) is 11.7 Å². The first-order valence-electron chi connectivity index (χ1n) is 13.2. The second-order valence-corrected chi connectivity index (χ2v) is 10.0. The summed E-state index contributed by atoms with van der Waals surface area (Å²) in [5.41, 5.74) is 1.99. The van der Waals surface area contributed by atoms with E-state index in [9.17, 15) is 9.59 Å². The molecular weight excluding hydrogens is 482 g/mol. The molecule has 3 aromatic rings. The van der Waals surface area contributed by atoms with Gasteiger partial charge in [0.1, 0.15) is 5.75 Å². The predicted octanol–water partition coefficient (Wildman–Crippen LogP) is 3.71. The van der Waals surface area contributed by atoms with Crippen molar-refractivity contribution in [2.24, 2.45) is 5.92 Å². The Balaban J connectivity index is 1.21. The number of nitrogens with zero attached hydrogens (tertiary/aromatic N) is 3. The molecule has 4 rings (SSSR count). The molecule has 0 spiro atoms. The smallest absolute Gasteiger partial charge is 0.316 e. The highest BCUT2D eigenvalue weighted by Crippen LogP contribution is 2.31. The Kier molecular flexibility index (Phi) is 9.48. The van der Waals surface area contributed by atoms with Crippen molar-refractivity contribution in [1.29, 1.82) is 0 Å². The predicted molar refractivity (Wildman–Crippen MR) is 145 cm³/mol. The van der Waals surface area contributed by atoms with Crippen LogP contribution < -0.4 is 15.4 Å². The first-order valence-corrected chi connectivity index (χ1v) is 13.2. The van der Waals surface area contributed by atoms with E-state index >= 15 is 0 Å². The van der Waals surface area contributed by atoms with Gasteiger partial charge in [-0.3, -0.25) is 9.59 Å². The van der Waals surface area contributed by atoms with E-state index in [0.29, 0.717) is 23.3 Å². The van der Waals surface area contributed by atoms with Gasteiger partial charge in [-0.2, -0.15) is 4.98 Å². The molecule has 1 unspecified atom stereocenters. The Bertz CT molecular complexity index is 1190. The van der Waals surface area contributed by atoms with Gasteiger partial charge in [-0.05, 0) is 76.2 Å². The summed E-state index contributed by atoms with van der Waals surface area (Å²) in [4.78, 5) is 31.5. The molecule has 1 saturated carbocycles. The molecule has 1 fully saturated rings. The van der Waals surface area contributed by atoms with Gasteiger partial charge < -0.3 is 24.8 Å². The lowest BCUT2D eigenvalue weighted by Crippen LogP contribution is -2.45. The molecule has 38 heavy (non-hydrogen) atoms. The molecule has 9 nitrogen and oxygen atoms in total. The molecule has 202 valence electrons. The number of aromatic nitrogens is 2. The highest BCUT2D eigenvalue weighted by molar-refractivity contribution is 5.93. The van der Waals surface area contributed by atoms with Crippen LogP contribution in [0.2, 0.25) is 0 Å². The fraction of sp³-hybridized carbons (Fsp3) is 0.448. The normalized spacial score (nSPS) is 18.1. The van der Waals surface area contributed by atoms with Crippen LogP contribution in [0.15, 0.2) is 59.1 Å². The van der Waals surface area contributed by atoms with Crippen LogP contribution in [-0.4, -0.2) is 66.7 Å². The van der Waals surface area contributed by atoms with Crippen molar-refractivity contribution in [3.05, 3.63) is 66.1 Å². The number of para-hydroxylation sites is 1. The van der Waals surface area contributed by atoms with E-state index in [-0.39, 0.29) is 30.2 Å². The van der Waals surface area contributed by atoms with E-state index in [1.165, 1.54) is 5.56 Å². The first-order chi connectivity index (χ1) is 18.4. The van der Waals surface area contributed by atoms with Crippen LogP contribution in [-0.2, 0) is 11.2 Å². The SMILES string of the molecule is COc1ccccc1-c1noc(C(=O)NCC(=O)NC2CCC(C(CCc3ccccc3)N(C)C)CC2)n1. The molecule has 1 aromatic heterocycles. The number of methoxy groups -OCH3 is 1. The van der Waals surface area contributed by atoms with Gasteiger partial charge in [-0.1, -0.05) is 47.6 Å². The van der Waals surface area contributed by atoms with Crippen molar-refractivity contribution in [2.45, 2.75) is 50.6 Å². The van der Waals surface area contributed by atoms with Crippen LogP contribution in [0.25, 0.3) is 11.4 Å². The molecule has 2 aromatic carbocycles. The number of amides is 2. The zero-order chi connectivity index (χ0) is 26.9. The van der Waals surface area contributed by atoms with E-state index in [1.807, 2.05) is 12.1 Å². The van der Waals surface area contributed by atoms with Crippen LogP contribution >= 0.6 is 0 Å². The lowest BCUT2D eigenvalue weighted by Gasteiger charge is -2.37. The van der Waals surface area contributed by atoms with E-state index in [4.69, 9.17) is 9.26 Å². The van der Waals surface area contributed by atoms with Crippen molar-refractivity contribution in [2.75, 3.05) is 27.7 Å². The number of ether oxygens (including phenoxy) is 1. The molecule has 1 atom stereocenters. The average Bonchev–Trinajstić information content (AvgIpc) is 3.43. The summed E-state index contributed by atoms with van der Waals surface area (Å²) in [6.45, 7) is -0.150. The third-order valence-corrected chi connectivity index (χ3v) is 7.29. The quantitative estimate of drug-likeness (QED) is 0.397. The maximum atomic E-state index is 12.5. The Morgan fingerprint density at radius 1 is 1.05 bits per heavy atom. The fourth-order valence-corrected chi connectivity index (χ4v) is 5.29. The molecule has 1 heterocycles. The molecule has 1 aliphatic rings. The summed E-state index contributed by atoms with van der Waals surface area (Å²) in [6.07, 6.45) is 6.21. The zero-order valence-corrected chi connectivity index (χ0v) is 22.4. The molecule has 1 aliphatic carbocycles. The first kappa shape index (κ1) is 27.3. The number of hydrogen-bond acceptors (Lipinski definition) is 7. The number of aryl methyl sites for hydroxylation is 1. The summed E-state index contributed by atoms with van der Waals surface area (Å²) >= 11 is 0. The number of rotatable bonds is 11.